The molecule has 0 unspecified atom stereocenters. The zero-order valence-corrected chi connectivity index (χ0v) is 17.0. The molecule has 0 saturated heterocycles. The Balaban J connectivity index is 1.64. The summed E-state index contributed by atoms with van der Waals surface area (Å²) >= 11 is 16.9. The number of carbonyl (C=O) groups excluding carboxylic acids is 1. The molecule has 6 nitrogen and oxygen atoms in total. The van der Waals surface area contributed by atoms with Crippen molar-refractivity contribution in [2.24, 2.45) is 0 Å². The maximum atomic E-state index is 12.2. The normalized spacial score (nSPS) is 14.7. The third kappa shape index (κ3) is 4.35. The van der Waals surface area contributed by atoms with Crippen LogP contribution in [0.25, 0.3) is 16.6 Å². The van der Waals surface area contributed by atoms with Gasteiger partial charge in [-0.2, -0.15) is 5.10 Å². The number of halogens is 3. The predicted octanol–water partition coefficient (Wildman–Crippen LogP) is 5.61. The van der Waals surface area contributed by atoms with Gasteiger partial charge in [-0.05, 0) is 37.1 Å². The largest absolute Gasteiger partial charge is 0.445 e. The van der Waals surface area contributed by atoms with Crippen LogP contribution in [-0.2, 0) is 4.74 Å². The summed E-state index contributed by atoms with van der Waals surface area (Å²) in [7, 11) is 0. The van der Waals surface area contributed by atoms with Crippen LogP contribution in [0.4, 0.5) is 10.6 Å². The fourth-order valence-corrected chi connectivity index (χ4v) is 3.24. The second kappa shape index (κ2) is 7.78. The first-order valence-corrected chi connectivity index (χ1v) is 9.98. The number of ether oxygens (including phenoxy) is 1. The Hall–Kier alpha value is -2.02. The smallest absolute Gasteiger partial charge is 0.412 e. The Kier molecular flexibility index (Phi) is 5.36. The van der Waals surface area contributed by atoms with E-state index >= 15 is 0 Å². The lowest BCUT2D eigenvalue weighted by molar-refractivity contribution is 0.163. The van der Waals surface area contributed by atoms with E-state index in [9.17, 15) is 4.79 Å². The number of alkyl halides is 3. The number of hydrogen-bond acceptors (Lipinski definition) is 4. The van der Waals surface area contributed by atoms with Gasteiger partial charge in [0.25, 0.3) is 0 Å². The van der Waals surface area contributed by atoms with E-state index < -0.39 is 9.89 Å². The zero-order chi connectivity index (χ0) is 19.7. The van der Waals surface area contributed by atoms with Gasteiger partial charge >= 0.3 is 6.09 Å². The highest BCUT2D eigenvalue weighted by atomic mass is 35.6. The molecule has 2 aromatic heterocycles. The average Bonchev–Trinajstić information content (AvgIpc) is 3.00. The lowest BCUT2D eigenvalue weighted by atomic mass is 9.83. The van der Waals surface area contributed by atoms with E-state index in [4.69, 9.17) is 44.6 Å². The van der Waals surface area contributed by atoms with Crippen LogP contribution in [0.5, 0.6) is 0 Å². The van der Waals surface area contributed by atoms with Crippen LogP contribution >= 0.6 is 34.8 Å². The molecule has 3 aromatic rings. The molecule has 4 rings (SSSR count). The Bertz CT molecular complexity index is 1010. The molecule has 1 aliphatic rings. The quantitative estimate of drug-likeness (QED) is 0.537. The van der Waals surface area contributed by atoms with E-state index in [2.05, 4.69) is 10.3 Å². The number of carbonyl (C=O) groups is 1. The minimum atomic E-state index is -1.67. The molecule has 1 N–H and O–H groups in total. The van der Waals surface area contributed by atoms with Crippen molar-refractivity contribution >= 4 is 57.6 Å². The number of hydrogen-bond donors (Lipinski definition) is 1. The molecule has 1 saturated carbocycles. The van der Waals surface area contributed by atoms with Gasteiger partial charge < -0.3 is 4.74 Å². The number of aromatic nitrogens is 3. The second-order valence-corrected chi connectivity index (χ2v) is 9.21. The second-order valence-electron chi connectivity index (χ2n) is 6.69. The summed E-state index contributed by atoms with van der Waals surface area (Å²) in [4.78, 5) is 16.5. The number of nitrogens with zero attached hydrogens (tertiary/aromatic N) is 3. The van der Waals surface area contributed by atoms with Crippen molar-refractivity contribution in [1.29, 1.82) is 0 Å². The molecule has 1 aromatic carbocycles. The molecule has 1 amide bonds. The summed E-state index contributed by atoms with van der Waals surface area (Å²) in [6.45, 7) is -0.352. The SMILES string of the molecule is O=C(Nc1cc(C2CCC2)nn1-c1ccc2ncccc2c1)OCC(Cl)(Cl)Cl. The Morgan fingerprint density at radius 3 is 2.79 bits per heavy atom. The number of amides is 1. The van der Waals surface area contributed by atoms with Crippen LogP contribution in [0.3, 0.4) is 0 Å². The lowest BCUT2D eigenvalue weighted by Crippen LogP contribution is -2.22. The molecule has 1 fully saturated rings. The summed E-state index contributed by atoms with van der Waals surface area (Å²) in [5.74, 6) is 0.903. The van der Waals surface area contributed by atoms with E-state index in [1.54, 1.807) is 10.9 Å². The van der Waals surface area contributed by atoms with Crippen molar-refractivity contribution in [3.8, 4) is 5.69 Å². The van der Waals surface area contributed by atoms with Gasteiger partial charge in [-0.1, -0.05) is 47.3 Å². The van der Waals surface area contributed by atoms with E-state index in [0.29, 0.717) is 11.7 Å². The van der Waals surface area contributed by atoms with Crippen molar-refractivity contribution in [1.82, 2.24) is 14.8 Å². The van der Waals surface area contributed by atoms with Crippen LogP contribution in [0, 0.1) is 0 Å². The molecule has 28 heavy (non-hydrogen) atoms. The maximum absolute atomic E-state index is 12.2. The Morgan fingerprint density at radius 2 is 2.07 bits per heavy atom. The molecule has 0 bridgehead atoms. The summed E-state index contributed by atoms with van der Waals surface area (Å²) in [6, 6.07) is 11.5. The summed E-state index contributed by atoms with van der Waals surface area (Å²) in [5, 5.41) is 8.40. The molecule has 1 aliphatic carbocycles. The highest BCUT2D eigenvalue weighted by molar-refractivity contribution is 6.67. The molecule has 2 heterocycles. The number of rotatable bonds is 4. The lowest BCUT2D eigenvalue weighted by Gasteiger charge is -2.22. The topological polar surface area (TPSA) is 69.0 Å². The molecule has 9 heteroatoms. The minimum absolute atomic E-state index is 0.352. The van der Waals surface area contributed by atoms with Crippen LogP contribution in [0.15, 0.2) is 42.6 Å². The minimum Gasteiger partial charge on any atom is -0.445 e. The third-order valence-electron chi connectivity index (χ3n) is 4.68. The summed E-state index contributed by atoms with van der Waals surface area (Å²) in [5.41, 5.74) is 2.63. The first-order chi connectivity index (χ1) is 13.4. The third-order valence-corrected chi connectivity index (χ3v) is 5.01. The van der Waals surface area contributed by atoms with Crippen molar-refractivity contribution in [3.05, 3.63) is 48.3 Å². The fourth-order valence-electron chi connectivity index (χ4n) is 3.07. The van der Waals surface area contributed by atoms with Gasteiger partial charge in [-0.3, -0.25) is 10.3 Å². The van der Waals surface area contributed by atoms with Crippen LogP contribution in [0.1, 0.15) is 30.9 Å². The maximum Gasteiger partial charge on any atom is 0.412 e. The van der Waals surface area contributed by atoms with Crippen LogP contribution in [0.2, 0.25) is 0 Å². The van der Waals surface area contributed by atoms with Crippen molar-refractivity contribution in [2.75, 3.05) is 11.9 Å². The van der Waals surface area contributed by atoms with Gasteiger partial charge in [0.2, 0.25) is 3.79 Å². The molecule has 0 aliphatic heterocycles. The van der Waals surface area contributed by atoms with Crippen molar-refractivity contribution < 1.29 is 9.53 Å². The fraction of sp³-hybridized carbons (Fsp3) is 0.316. The van der Waals surface area contributed by atoms with E-state index in [1.165, 1.54) is 6.42 Å². The molecule has 0 spiro atoms. The van der Waals surface area contributed by atoms with Gasteiger partial charge in [-0.15, -0.1) is 0 Å². The molecule has 146 valence electrons. The monoisotopic (exact) mass is 438 g/mol. The first-order valence-electron chi connectivity index (χ1n) is 8.85. The highest BCUT2D eigenvalue weighted by Gasteiger charge is 2.26. The zero-order valence-electron chi connectivity index (χ0n) is 14.7. The molecule has 0 radical (unpaired) electrons. The van der Waals surface area contributed by atoms with Gasteiger partial charge in [0.1, 0.15) is 12.4 Å². The average molecular weight is 440 g/mol. The number of anilines is 1. The number of nitrogens with one attached hydrogen (secondary N) is 1. The van der Waals surface area contributed by atoms with Gasteiger partial charge in [-0.25, -0.2) is 9.48 Å². The predicted molar refractivity (Wildman–Crippen MR) is 111 cm³/mol. The van der Waals surface area contributed by atoms with Crippen LogP contribution in [-0.4, -0.2) is 31.3 Å². The van der Waals surface area contributed by atoms with Crippen LogP contribution < -0.4 is 5.32 Å². The number of benzene rings is 1. The molecular formula is C19H17Cl3N4O2. The van der Waals surface area contributed by atoms with Gasteiger partial charge in [0, 0.05) is 23.6 Å². The van der Waals surface area contributed by atoms with E-state index in [1.807, 2.05) is 36.4 Å². The highest BCUT2D eigenvalue weighted by Crippen LogP contribution is 2.37. The van der Waals surface area contributed by atoms with E-state index in [-0.39, 0.29) is 6.61 Å². The molecular weight excluding hydrogens is 423 g/mol. The van der Waals surface area contributed by atoms with Gasteiger partial charge in [0.05, 0.1) is 16.9 Å². The number of fused-ring (bicyclic) bond motifs is 1. The summed E-state index contributed by atoms with van der Waals surface area (Å²) in [6.07, 6.45) is 4.41. The number of pyridine rings is 1. The standard InChI is InChI=1S/C19H17Cl3N4O2/c20-19(21,22)11-28-18(27)24-17-10-16(12-3-1-4-12)25-26(17)14-6-7-15-13(9-14)5-2-8-23-15/h2,5-10,12H,1,3-4,11H2,(H,24,27). The van der Waals surface area contributed by atoms with Gasteiger partial charge in [0.15, 0.2) is 0 Å². The first kappa shape index (κ1) is 19.3. The van der Waals surface area contributed by atoms with E-state index in [0.717, 1.165) is 35.1 Å². The Labute approximate surface area is 176 Å². The summed E-state index contributed by atoms with van der Waals surface area (Å²) < 4.78 is 5.01. The Morgan fingerprint density at radius 1 is 1.25 bits per heavy atom. The van der Waals surface area contributed by atoms with Crippen molar-refractivity contribution in [2.45, 2.75) is 29.0 Å². The van der Waals surface area contributed by atoms with Crippen molar-refractivity contribution in [3.63, 3.8) is 0 Å². The molecule has 0 atom stereocenters.